The van der Waals surface area contributed by atoms with Crippen LogP contribution in [0.5, 0.6) is 0 Å². The van der Waals surface area contributed by atoms with Crippen LogP contribution in [-0.2, 0) is 9.53 Å². The molecule has 1 aromatic carbocycles. The molecule has 0 radical (unpaired) electrons. The topological polar surface area (TPSA) is 75.6 Å². The van der Waals surface area contributed by atoms with E-state index in [1.165, 1.54) is 0 Å². The molecule has 1 rings (SSSR count). The first-order chi connectivity index (χ1) is 8.50. The maximum absolute atomic E-state index is 11.4. The lowest BCUT2D eigenvalue weighted by atomic mass is 10.1. The predicted octanol–water partition coefficient (Wildman–Crippen LogP) is 2.19. The molecule has 2 N–H and O–H groups in total. The molecular weight excluding hydrogens is 234 g/mol. The zero-order chi connectivity index (χ0) is 13.5. The van der Waals surface area contributed by atoms with Gasteiger partial charge in [0.15, 0.2) is 6.04 Å². The van der Waals surface area contributed by atoms with Crippen LogP contribution in [0, 0.1) is 5.92 Å². The van der Waals surface area contributed by atoms with Gasteiger partial charge in [0.05, 0.1) is 6.61 Å². The number of amides is 1. The largest absolute Gasteiger partial charge is 0.479 e. The molecule has 0 aliphatic carbocycles. The van der Waals surface area contributed by atoms with E-state index >= 15 is 0 Å². The Morgan fingerprint density at radius 2 is 1.89 bits per heavy atom. The van der Waals surface area contributed by atoms with E-state index in [1.807, 2.05) is 13.8 Å². The van der Waals surface area contributed by atoms with Crippen LogP contribution in [0.2, 0.25) is 0 Å². The summed E-state index contributed by atoms with van der Waals surface area (Å²) in [6.45, 7) is 4.06. The minimum atomic E-state index is -1.12. The van der Waals surface area contributed by atoms with Crippen molar-refractivity contribution in [2.75, 3.05) is 6.61 Å². The van der Waals surface area contributed by atoms with Crippen LogP contribution in [-0.4, -0.2) is 23.8 Å². The Balaban J connectivity index is 2.65. The van der Waals surface area contributed by atoms with E-state index < -0.39 is 18.1 Å². The van der Waals surface area contributed by atoms with Crippen LogP contribution >= 0.6 is 0 Å². The van der Waals surface area contributed by atoms with Crippen molar-refractivity contribution >= 4 is 12.1 Å². The lowest BCUT2D eigenvalue weighted by Gasteiger charge is -2.15. The van der Waals surface area contributed by atoms with Gasteiger partial charge in [-0.1, -0.05) is 44.2 Å². The van der Waals surface area contributed by atoms with Gasteiger partial charge in [-0.05, 0) is 11.5 Å². The molecular formula is C13H17NO4. The van der Waals surface area contributed by atoms with Gasteiger partial charge in [0, 0.05) is 0 Å². The second-order valence-corrected chi connectivity index (χ2v) is 4.32. The van der Waals surface area contributed by atoms with Crippen LogP contribution in [0.1, 0.15) is 25.5 Å². The van der Waals surface area contributed by atoms with Gasteiger partial charge < -0.3 is 15.2 Å². The fraction of sp³-hybridized carbons (Fsp3) is 0.385. The number of nitrogens with one attached hydrogen (secondary N) is 1. The SMILES string of the molecule is CC(C)COC(=O)NC(C(=O)O)c1ccccc1. The number of carboxylic acids is 1. The highest BCUT2D eigenvalue weighted by molar-refractivity contribution is 5.81. The van der Waals surface area contributed by atoms with E-state index in [4.69, 9.17) is 9.84 Å². The molecule has 1 unspecified atom stereocenters. The number of carbonyl (C=O) groups excluding carboxylic acids is 1. The van der Waals surface area contributed by atoms with Crippen molar-refractivity contribution in [3.8, 4) is 0 Å². The van der Waals surface area contributed by atoms with E-state index in [-0.39, 0.29) is 12.5 Å². The van der Waals surface area contributed by atoms with Crippen LogP contribution in [0.4, 0.5) is 4.79 Å². The Bertz CT molecular complexity index is 403. The number of hydrogen-bond donors (Lipinski definition) is 2. The smallest absolute Gasteiger partial charge is 0.408 e. The van der Waals surface area contributed by atoms with Gasteiger partial charge in [0.1, 0.15) is 0 Å². The lowest BCUT2D eigenvalue weighted by Crippen LogP contribution is -2.34. The zero-order valence-electron chi connectivity index (χ0n) is 10.4. The average molecular weight is 251 g/mol. The molecule has 18 heavy (non-hydrogen) atoms. The molecule has 0 saturated carbocycles. The normalized spacial score (nSPS) is 11.9. The fourth-order valence-corrected chi connectivity index (χ4v) is 1.34. The summed E-state index contributed by atoms with van der Waals surface area (Å²) in [6, 6.07) is 7.40. The fourth-order valence-electron chi connectivity index (χ4n) is 1.34. The first-order valence-electron chi connectivity index (χ1n) is 5.71. The molecule has 0 aliphatic heterocycles. The molecule has 0 fully saturated rings. The van der Waals surface area contributed by atoms with Gasteiger partial charge in [-0.25, -0.2) is 9.59 Å². The molecule has 1 aromatic rings. The molecule has 0 aliphatic rings. The number of carboxylic acid groups (broad SMARTS) is 1. The third-order valence-corrected chi connectivity index (χ3v) is 2.19. The summed E-state index contributed by atoms with van der Waals surface area (Å²) in [5.41, 5.74) is 0.506. The van der Waals surface area contributed by atoms with E-state index in [0.717, 1.165) is 0 Å². The number of ether oxygens (including phenoxy) is 1. The molecule has 0 aromatic heterocycles. The van der Waals surface area contributed by atoms with Crippen molar-refractivity contribution in [1.29, 1.82) is 0 Å². The minimum absolute atomic E-state index is 0.204. The molecule has 1 amide bonds. The molecule has 0 heterocycles. The number of aliphatic carboxylic acids is 1. The summed E-state index contributed by atoms with van der Waals surface area (Å²) in [5, 5.41) is 11.4. The van der Waals surface area contributed by atoms with Gasteiger partial charge in [-0.2, -0.15) is 0 Å². The zero-order valence-corrected chi connectivity index (χ0v) is 10.4. The Kier molecular flexibility index (Phi) is 5.17. The Hall–Kier alpha value is -2.04. The maximum Gasteiger partial charge on any atom is 0.408 e. The monoisotopic (exact) mass is 251 g/mol. The molecule has 5 heteroatoms. The van der Waals surface area contributed by atoms with Crippen LogP contribution < -0.4 is 5.32 Å². The molecule has 1 atom stereocenters. The van der Waals surface area contributed by atoms with Crippen molar-refractivity contribution in [3.05, 3.63) is 35.9 Å². The van der Waals surface area contributed by atoms with Crippen LogP contribution in [0.15, 0.2) is 30.3 Å². The summed E-state index contributed by atoms with van der Waals surface area (Å²) in [6.07, 6.45) is -0.722. The van der Waals surface area contributed by atoms with Crippen molar-refractivity contribution in [1.82, 2.24) is 5.32 Å². The van der Waals surface area contributed by atoms with Gasteiger partial charge in [0.25, 0.3) is 0 Å². The van der Waals surface area contributed by atoms with Crippen molar-refractivity contribution in [2.45, 2.75) is 19.9 Å². The van der Waals surface area contributed by atoms with E-state index in [2.05, 4.69) is 5.32 Å². The molecule has 0 bridgehead atoms. The Labute approximate surface area is 106 Å². The first kappa shape index (κ1) is 14.0. The van der Waals surface area contributed by atoms with Crippen LogP contribution in [0.25, 0.3) is 0 Å². The van der Waals surface area contributed by atoms with Gasteiger partial charge in [-0.15, -0.1) is 0 Å². The number of rotatable bonds is 5. The van der Waals surface area contributed by atoms with E-state index in [1.54, 1.807) is 30.3 Å². The quantitative estimate of drug-likeness (QED) is 0.841. The highest BCUT2D eigenvalue weighted by Gasteiger charge is 2.22. The highest BCUT2D eigenvalue weighted by atomic mass is 16.5. The van der Waals surface area contributed by atoms with Crippen molar-refractivity contribution in [3.63, 3.8) is 0 Å². The molecule has 98 valence electrons. The summed E-state index contributed by atoms with van der Waals surface area (Å²) in [5.74, 6) is -0.918. The second-order valence-electron chi connectivity index (χ2n) is 4.32. The third-order valence-electron chi connectivity index (χ3n) is 2.19. The molecule has 0 spiro atoms. The Morgan fingerprint density at radius 1 is 1.28 bits per heavy atom. The summed E-state index contributed by atoms with van der Waals surface area (Å²) in [7, 11) is 0. The van der Waals surface area contributed by atoms with Gasteiger partial charge in [0.2, 0.25) is 0 Å². The maximum atomic E-state index is 11.4. The third kappa shape index (κ3) is 4.45. The summed E-state index contributed by atoms with van der Waals surface area (Å²) >= 11 is 0. The molecule has 5 nitrogen and oxygen atoms in total. The minimum Gasteiger partial charge on any atom is -0.479 e. The van der Waals surface area contributed by atoms with Gasteiger partial charge in [-0.3, -0.25) is 0 Å². The predicted molar refractivity (Wildman–Crippen MR) is 66.1 cm³/mol. The first-order valence-corrected chi connectivity index (χ1v) is 5.71. The van der Waals surface area contributed by atoms with Crippen LogP contribution in [0.3, 0.4) is 0 Å². The Morgan fingerprint density at radius 3 is 2.39 bits per heavy atom. The van der Waals surface area contributed by atoms with E-state index in [0.29, 0.717) is 5.56 Å². The number of benzene rings is 1. The summed E-state index contributed by atoms with van der Waals surface area (Å²) < 4.78 is 4.89. The summed E-state index contributed by atoms with van der Waals surface area (Å²) in [4.78, 5) is 22.5. The molecule has 0 saturated heterocycles. The number of carbonyl (C=O) groups is 2. The second kappa shape index (κ2) is 6.64. The average Bonchev–Trinajstić information content (AvgIpc) is 2.34. The standard InChI is InChI=1S/C13H17NO4/c1-9(2)8-18-13(17)14-11(12(15)16)10-6-4-3-5-7-10/h3-7,9,11H,8H2,1-2H3,(H,14,17)(H,15,16). The van der Waals surface area contributed by atoms with E-state index in [9.17, 15) is 9.59 Å². The van der Waals surface area contributed by atoms with Crippen molar-refractivity contribution in [2.24, 2.45) is 5.92 Å². The van der Waals surface area contributed by atoms with Crippen molar-refractivity contribution < 1.29 is 19.4 Å². The highest BCUT2D eigenvalue weighted by Crippen LogP contribution is 2.12. The van der Waals surface area contributed by atoms with Gasteiger partial charge >= 0.3 is 12.1 Å². The number of hydrogen-bond acceptors (Lipinski definition) is 3. The lowest BCUT2D eigenvalue weighted by molar-refractivity contribution is -0.139. The number of alkyl carbamates (subject to hydrolysis) is 1.